The fourth-order valence-corrected chi connectivity index (χ4v) is 4.61. The van der Waals surface area contributed by atoms with E-state index in [2.05, 4.69) is 54.7 Å². The van der Waals surface area contributed by atoms with E-state index in [0.29, 0.717) is 19.4 Å². The quantitative estimate of drug-likeness (QED) is 0.604. The highest BCUT2D eigenvalue weighted by atomic mass is 16.2. The highest BCUT2D eigenvalue weighted by Gasteiger charge is 2.30. The van der Waals surface area contributed by atoms with Gasteiger partial charge in [0.1, 0.15) is 6.04 Å². The molecule has 1 aliphatic carbocycles. The number of amides is 2. The van der Waals surface area contributed by atoms with Crippen molar-refractivity contribution in [1.29, 1.82) is 0 Å². The van der Waals surface area contributed by atoms with Gasteiger partial charge in [-0.15, -0.1) is 0 Å². The van der Waals surface area contributed by atoms with Crippen LogP contribution in [0, 0.1) is 20.8 Å². The predicted octanol–water partition coefficient (Wildman–Crippen LogP) is 5.41. The van der Waals surface area contributed by atoms with Crippen molar-refractivity contribution in [1.82, 2.24) is 10.2 Å². The number of carbonyl (C=O) groups excluding carboxylic acids is 2. The first-order chi connectivity index (χ1) is 15.4. The first-order valence-corrected chi connectivity index (χ1v) is 12.1. The number of nitrogens with one attached hydrogen (secondary N) is 1. The molecule has 1 atom stereocenters. The van der Waals surface area contributed by atoms with Gasteiger partial charge in [-0.1, -0.05) is 79.8 Å². The molecular formula is C28H38N2O2. The maximum Gasteiger partial charge on any atom is 0.243 e. The van der Waals surface area contributed by atoms with Gasteiger partial charge in [0.2, 0.25) is 11.8 Å². The van der Waals surface area contributed by atoms with Crippen molar-refractivity contribution in [2.75, 3.05) is 0 Å². The molecule has 0 aliphatic heterocycles. The van der Waals surface area contributed by atoms with Crippen LogP contribution in [-0.4, -0.2) is 28.8 Å². The average Bonchev–Trinajstić information content (AvgIpc) is 2.78. The van der Waals surface area contributed by atoms with Gasteiger partial charge < -0.3 is 10.2 Å². The molecule has 0 spiro atoms. The minimum atomic E-state index is -0.462. The lowest BCUT2D eigenvalue weighted by Gasteiger charge is -2.33. The lowest BCUT2D eigenvalue weighted by atomic mass is 9.95. The van der Waals surface area contributed by atoms with Crippen LogP contribution in [-0.2, 0) is 22.6 Å². The van der Waals surface area contributed by atoms with Crippen molar-refractivity contribution in [3.63, 3.8) is 0 Å². The SMILES string of the molecule is CCC(C(=O)NC1CCCCC1)N(Cc1ccc(C)cc1)C(=O)Cc1cc(C)ccc1C. The van der Waals surface area contributed by atoms with Gasteiger partial charge in [0.15, 0.2) is 0 Å². The van der Waals surface area contributed by atoms with E-state index in [4.69, 9.17) is 0 Å². The standard InChI is InChI=1S/C28H38N2O2/c1-5-26(28(32)29-25-9-7-6-8-10-25)30(19-23-15-12-20(2)13-16-23)27(31)18-24-17-21(3)11-14-22(24)4/h11-17,25-26H,5-10,18-19H2,1-4H3,(H,29,32). The molecule has 1 N–H and O–H groups in total. The van der Waals surface area contributed by atoms with E-state index >= 15 is 0 Å². The molecule has 2 amide bonds. The Morgan fingerprint density at radius 3 is 2.28 bits per heavy atom. The Morgan fingerprint density at radius 2 is 1.62 bits per heavy atom. The van der Waals surface area contributed by atoms with Crippen LogP contribution in [0.15, 0.2) is 42.5 Å². The van der Waals surface area contributed by atoms with Gasteiger partial charge in [0.25, 0.3) is 0 Å². The maximum atomic E-state index is 13.6. The summed E-state index contributed by atoms with van der Waals surface area (Å²) in [4.78, 5) is 28.7. The number of nitrogens with zero attached hydrogens (tertiary/aromatic N) is 1. The Kier molecular flexibility index (Phi) is 8.49. The summed E-state index contributed by atoms with van der Waals surface area (Å²) < 4.78 is 0. The first kappa shape index (κ1) is 24.0. The molecule has 1 unspecified atom stereocenters. The van der Waals surface area contributed by atoms with Crippen molar-refractivity contribution in [2.45, 2.75) is 91.3 Å². The largest absolute Gasteiger partial charge is 0.352 e. The van der Waals surface area contributed by atoms with Gasteiger partial charge in [-0.3, -0.25) is 9.59 Å². The molecule has 32 heavy (non-hydrogen) atoms. The Morgan fingerprint density at radius 1 is 0.969 bits per heavy atom. The highest BCUT2D eigenvalue weighted by molar-refractivity contribution is 5.88. The molecule has 0 radical (unpaired) electrons. The lowest BCUT2D eigenvalue weighted by Crippen LogP contribution is -2.52. The molecule has 0 aromatic heterocycles. The molecule has 1 saturated carbocycles. The monoisotopic (exact) mass is 434 g/mol. The van der Waals surface area contributed by atoms with E-state index in [1.54, 1.807) is 4.90 Å². The summed E-state index contributed by atoms with van der Waals surface area (Å²) in [6, 6.07) is 14.2. The number of hydrogen-bond donors (Lipinski definition) is 1. The Hall–Kier alpha value is -2.62. The Labute approximate surface area is 193 Å². The van der Waals surface area contributed by atoms with Gasteiger partial charge in [0.05, 0.1) is 6.42 Å². The minimum absolute atomic E-state index is 0.00455. The van der Waals surface area contributed by atoms with E-state index in [1.165, 1.54) is 24.8 Å². The van der Waals surface area contributed by atoms with Crippen LogP contribution in [0.1, 0.15) is 73.3 Å². The topological polar surface area (TPSA) is 49.4 Å². The van der Waals surface area contributed by atoms with Gasteiger partial charge in [-0.25, -0.2) is 0 Å². The summed E-state index contributed by atoms with van der Waals surface area (Å²) in [5.41, 5.74) is 5.52. The molecule has 1 fully saturated rings. The summed E-state index contributed by atoms with van der Waals surface area (Å²) in [6.07, 6.45) is 6.57. The molecule has 1 aliphatic rings. The third-order valence-corrected chi connectivity index (χ3v) is 6.66. The molecule has 0 bridgehead atoms. The zero-order valence-corrected chi connectivity index (χ0v) is 20.1. The van der Waals surface area contributed by atoms with Crippen LogP contribution in [0.25, 0.3) is 0 Å². The van der Waals surface area contributed by atoms with Crippen LogP contribution >= 0.6 is 0 Å². The van der Waals surface area contributed by atoms with Crippen LogP contribution in [0.5, 0.6) is 0 Å². The van der Waals surface area contributed by atoms with E-state index in [9.17, 15) is 9.59 Å². The van der Waals surface area contributed by atoms with Gasteiger partial charge in [0, 0.05) is 12.6 Å². The number of hydrogen-bond acceptors (Lipinski definition) is 2. The predicted molar refractivity (Wildman–Crippen MR) is 130 cm³/mol. The minimum Gasteiger partial charge on any atom is -0.352 e. The van der Waals surface area contributed by atoms with Crippen LogP contribution in [0.2, 0.25) is 0 Å². The summed E-state index contributed by atoms with van der Waals surface area (Å²) in [5, 5.41) is 3.25. The van der Waals surface area contributed by atoms with Crippen LogP contribution in [0.3, 0.4) is 0 Å². The summed E-state index contributed by atoms with van der Waals surface area (Å²) >= 11 is 0. The summed E-state index contributed by atoms with van der Waals surface area (Å²) in [5.74, 6) is -0.00857. The second-order valence-electron chi connectivity index (χ2n) is 9.38. The van der Waals surface area contributed by atoms with Crippen molar-refractivity contribution in [2.24, 2.45) is 0 Å². The van der Waals surface area contributed by atoms with Crippen molar-refractivity contribution in [3.8, 4) is 0 Å². The normalized spacial score (nSPS) is 15.2. The zero-order chi connectivity index (χ0) is 23.1. The molecular weight excluding hydrogens is 396 g/mol. The maximum absolute atomic E-state index is 13.6. The number of aryl methyl sites for hydroxylation is 3. The summed E-state index contributed by atoms with van der Waals surface area (Å²) in [6.45, 7) is 8.59. The second-order valence-corrected chi connectivity index (χ2v) is 9.38. The van der Waals surface area contributed by atoms with E-state index in [0.717, 1.165) is 35.1 Å². The van der Waals surface area contributed by atoms with Gasteiger partial charge >= 0.3 is 0 Å². The van der Waals surface area contributed by atoms with Crippen molar-refractivity contribution >= 4 is 11.8 Å². The van der Waals surface area contributed by atoms with E-state index in [-0.39, 0.29) is 17.9 Å². The molecule has 4 nitrogen and oxygen atoms in total. The van der Waals surface area contributed by atoms with E-state index < -0.39 is 6.04 Å². The molecule has 172 valence electrons. The number of rotatable bonds is 8. The fraction of sp³-hybridized carbons (Fsp3) is 0.500. The van der Waals surface area contributed by atoms with Gasteiger partial charge in [-0.05, 0) is 56.7 Å². The Balaban J connectivity index is 1.83. The second kappa shape index (κ2) is 11.3. The number of carbonyl (C=O) groups is 2. The third kappa shape index (κ3) is 6.44. The number of benzene rings is 2. The average molecular weight is 435 g/mol. The van der Waals surface area contributed by atoms with E-state index in [1.807, 2.05) is 20.8 Å². The van der Waals surface area contributed by atoms with Crippen molar-refractivity contribution < 1.29 is 9.59 Å². The molecule has 0 heterocycles. The lowest BCUT2D eigenvalue weighted by molar-refractivity contribution is -0.141. The zero-order valence-electron chi connectivity index (χ0n) is 20.1. The Bertz CT molecular complexity index is 914. The third-order valence-electron chi connectivity index (χ3n) is 6.66. The molecule has 4 heteroatoms. The molecule has 2 aromatic carbocycles. The molecule has 3 rings (SSSR count). The van der Waals surface area contributed by atoms with Gasteiger partial charge in [-0.2, -0.15) is 0 Å². The summed E-state index contributed by atoms with van der Waals surface area (Å²) in [7, 11) is 0. The van der Waals surface area contributed by atoms with Crippen molar-refractivity contribution in [3.05, 3.63) is 70.3 Å². The smallest absolute Gasteiger partial charge is 0.243 e. The molecule has 2 aromatic rings. The first-order valence-electron chi connectivity index (χ1n) is 12.1. The van der Waals surface area contributed by atoms with Crippen LogP contribution < -0.4 is 5.32 Å². The fourth-order valence-electron chi connectivity index (χ4n) is 4.61. The molecule has 0 saturated heterocycles. The highest BCUT2D eigenvalue weighted by Crippen LogP contribution is 2.20. The van der Waals surface area contributed by atoms with Crippen LogP contribution in [0.4, 0.5) is 0 Å².